The van der Waals surface area contributed by atoms with Gasteiger partial charge in [-0.2, -0.15) is 5.26 Å². The van der Waals surface area contributed by atoms with Crippen molar-refractivity contribution in [3.05, 3.63) is 77.1 Å². The van der Waals surface area contributed by atoms with Crippen molar-refractivity contribution < 1.29 is 19.1 Å². The number of aryl methyl sites for hydroxylation is 1. The minimum absolute atomic E-state index is 0.188. The van der Waals surface area contributed by atoms with Crippen LogP contribution in [0.4, 0.5) is 5.69 Å². The van der Waals surface area contributed by atoms with E-state index < -0.39 is 18.5 Å². The van der Waals surface area contributed by atoms with Crippen molar-refractivity contribution in [2.45, 2.75) is 18.7 Å². The van der Waals surface area contributed by atoms with E-state index in [9.17, 15) is 14.9 Å². The number of rotatable bonds is 8. The fourth-order valence-electron chi connectivity index (χ4n) is 3.50. The SMILES string of the molecule is COc1ccc(-n2c(C)cc(/C=C(\C#N)C(=O)OCC(=O)Nc3ccccc3SC)c2C)cc1. The number of carbonyl (C=O) groups excluding carboxylic acids is 2. The van der Waals surface area contributed by atoms with E-state index in [0.29, 0.717) is 11.3 Å². The van der Waals surface area contributed by atoms with E-state index in [4.69, 9.17) is 9.47 Å². The van der Waals surface area contributed by atoms with Gasteiger partial charge in [0.15, 0.2) is 6.61 Å². The van der Waals surface area contributed by atoms with Crippen LogP contribution in [0.3, 0.4) is 0 Å². The smallest absolute Gasteiger partial charge is 0.349 e. The monoisotopic (exact) mass is 475 g/mol. The summed E-state index contributed by atoms with van der Waals surface area (Å²) in [5.74, 6) is -0.586. The van der Waals surface area contributed by atoms with Crippen LogP contribution < -0.4 is 10.1 Å². The molecule has 8 heteroatoms. The molecular formula is C26H25N3O4S. The molecule has 3 aromatic rings. The van der Waals surface area contributed by atoms with Crippen molar-refractivity contribution in [1.29, 1.82) is 5.26 Å². The molecule has 0 bridgehead atoms. The lowest BCUT2D eigenvalue weighted by molar-refractivity contribution is -0.142. The predicted octanol–water partition coefficient (Wildman–Crippen LogP) is 4.91. The first kappa shape index (κ1) is 24.7. The van der Waals surface area contributed by atoms with Crippen molar-refractivity contribution in [2.75, 3.05) is 25.3 Å². The highest BCUT2D eigenvalue weighted by Crippen LogP contribution is 2.25. The van der Waals surface area contributed by atoms with E-state index in [0.717, 1.165) is 27.7 Å². The second kappa shape index (κ2) is 11.3. The fraction of sp³-hybridized carbons (Fsp3) is 0.192. The number of aromatic nitrogens is 1. The van der Waals surface area contributed by atoms with Crippen LogP contribution in [0.5, 0.6) is 5.75 Å². The molecular weight excluding hydrogens is 450 g/mol. The van der Waals surface area contributed by atoms with E-state index in [1.807, 2.05) is 73.2 Å². The lowest BCUT2D eigenvalue weighted by Crippen LogP contribution is -2.21. The van der Waals surface area contributed by atoms with Crippen LogP contribution in [-0.2, 0) is 14.3 Å². The molecule has 1 amide bonds. The van der Waals surface area contributed by atoms with E-state index in [-0.39, 0.29) is 5.57 Å². The number of nitrogens with zero attached hydrogens (tertiary/aromatic N) is 2. The number of esters is 1. The Morgan fingerprint density at radius 3 is 2.50 bits per heavy atom. The van der Waals surface area contributed by atoms with Gasteiger partial charge in [-0.1, -0.05) is 12.1 Å². The summed E-state index contributed by atoms with van der Waals surface area (Å²) in [7, 11) is 1.61. The second-order valence-electron chi connectivity index (χ2n) is 7.35. The highest BCUT2D eigenvalue weighted by atomic mass is 32.2. The standard InChI is InChI=1S/C26H25N3O4S/c1-17-13-19(18(2)29(17)21-9-11-22(32-3)12-10-21)14-20(15-27)26(31)33-16-25(30)28-23-7-5-6-8-24(23)34-4/h5-14H,16H2,1-4H3,(H,28,30)/b20-14+. The fourth-order valence-corrected chi connectivity index (χ4v) is 4.05. The quantitative estimate of drug-likeness (QED) is 0.215. The molecule has 7 nitrogen and oxygen atoms in total. The van der Waals surface area contributed by atoms with Gasteiger partial charge >= 0.3 is 5.97 Å². The van der Waals surface area contributed by atoms with Gasteiger partial charge in [-0.25, -0.2) is 4.79 Å². The Hall–Kier alpha value is -3.96. The van der Waals surface area contributed by atoms with Crippen LogP contribution >= 0.6 is 11.8 Å². The molecule has 0 saturated heterocycles. The summed E-state index contributed by atoms with van der Waals surface area (Å²) in [6, 6.07) is 18.7. The van der Waals surface area contributed by atoms with Crippen molar-refractivity contribution in [2.24, 2.45) is 0 Å². The summed E-state index contributed by atoms with van der Waals surface area (Å²) in [5.41, 5.74) is 3.88. The predicted molar refractivity (Wildman–Crippen MR) is 133 cm³/mol. The minimum Gasteiger partial charge on any atom is -0.497 e. The summed E-state index contributed by atoms with van der Waals surface area (Å²) < 4.78 is 12.3. The number of nitriles is 1. The molecule has 0 aliphatic heterocycles. The lowest BCUT2D eigenvalue weighted by atomic mass is 10.1. The van der Waals surface area contributed by atoms with Gasteiger partial charge in [0, 0.05) is 22.0 Å². The van der Waals surface area contributed by atoms with E-state index in [1.54, 1.807) is 19.2 Å². The molecule has 0 unspecified atom stereocenters. The number of thioether (sulfide) groups is 1. The van der Waals surface area contributed by atoms with Crippen LogP contribution in [0.15, 0.2) is 65.1 Å². The molecule has 34 heavy (non-hydrogen) atoms. The Labute approximate surface area is 203 Å². The number of methoxy groups -OCH3 is 1. The number of benzene rings is 2. The van der Waals surface area contributed by atoms with Gasteiger partial charge in [0.2, 0.25) is 0 Å². The number of nitrogens with one attached hydrogen (secondary N) is 1. The largest absolute Gasteiger partial charge is 0.497 e. The zero-order chi connectivity index (χ0) is 24.7. The van der Waals surface area contributed by atoms with Gasteiger partial charge in [-0.3, -0.25) is 4.79 Å². The Bertz CT molecular complexity index is 1270. The molecule has 0 aliphatic carbocycles. The van der Waals surface area contributed by atoms with Crippen LogP contribution in [0.1, 0.15) is 17.0 Å². The number of para-hydroxylation sites is 1. The average molecular weight is 476 g/mol. The lowest BCUT2D eigenvalue weighted by Gasteiger charge is -2.10. The summed E-state index contributed by atoms with van der Waals surface area (Å²) >= 11 is 1.49. The first-order valence-electron chi connectivity index (χ1n) is 10.4. The molecule has 1 heterocycles. The first-order valence-corrected chi connectivity index (χ1v) is 11.7. The van der Waals surface area contributed by atoms with Gasteiger partial charge < -0.3 is 19.4 Å². The Kier molecular flexibility index (Phi) is 8.17. The molecule has 2 aromatic carbocycles. The molecule has 0 atom stereocenters. The van der Waals surface area contributed by atoms with Crippen LogP contribution in [0.2, 0.25) is 0 Å². The van der Waals surface area contributed by atoms with Crippen molar-refractivity contribution in [1.82, 2.24) is 4.57 Å². The van der Waals surface area contributed by atoms with E-state index >= 15 is 0 Å². The Balaban J connectivity index is 1.72. The van der Waals surface area contributed by atoms with Gasteiger partial charge in [-0.15, -0.1) is 11.8 Å². The summed E-state index contributed by atoms with van der Waals surface area (Å²) in [4.78, 5) is 25.6. The highest BCUT2D eigenvalue weighted by molar-refractivity contribution is 7.98. The molecule has 1 aromatic heterocycles. The van der Waals surface area contributed by atoms with Crippen LogP contribution in [0.25, 0.3) is 11.8 Å². The minimum atomic E-state index is -0.856. The van der Waals surface area contributed by atoms with Gasteiger partial charge in [0.25, 0.3) is 5.91 Å². The molecule has 0 saturated carbocycles. The van der Waals surface area contributed by atoms with Crippen LogP contribution in [0, 0.1) is 25.2 Å². The highest BCUT2D eigenvalue weighted by Gasteiger charge is 2.16. The third-order valence-electron chi connectivity index (χ3n) is 5.16. The molecule has 0 radical (unpaired) electrons. The van der Waals surface area contributed by atoms with Crippen molar-refractivity contribution >= 4 is 35.4 Å². The first-order chi connectivity index (χ1) is 16.4. The maximum atomic E-state index is 12.5. The van der Waals surface area contributed by atoms with E-state index in [2.05, 4.69) is 5.32 Å². The topological polar surface area (TPSA) is 93.3 Å². The van der Waals surface area contributed by atoms with E-state index in [1.165, 1.54) is 17.8 Å². The molecule has 0 spiro atoms. The van der Waals surface area contributed by atoms with Crippen LogP contribution in [-0.4, -0.2) is 36.4 Å². The number of anilines is 1. The van der Waals surface area contributed by atoms with Gasteiger partial charge in [0.1, 0.15) is 17.4 Å². The molecule has 1 N–H and O–H groups in total. The zero-order valence-corrected chi connectivity index (χ0v) is 20.2. The maximum absolute atomic E-state index is 12.5. The molecule has 0 fully saturated rings. The summed E-state index contributed by atoms with van der Waals surface area (Å²) in [6.07, 6.45) is 3.38. The number of amides is 1. The number of ether oxygens (including phenoxy) is 2. The van der Waals surface area contributed by atoms with Crippen molar-refractivity contribution in [3.8, 4) is 17.5 Å². The Morgan fingerprint density at radius 1 is 1.15 bits per heavy atom. The third-order valence-corrected chi connectivity index (χ3v) is 5.95. The summed E-state index contributed by atoms with van der Waals surface area (Å²) in [6.45, 7) is 3.35. The maximum Gasteiger partial charge on any atom is 0.349 e. The van der Waals surface area contributed by atoms with Gasteiger partial charge in [0.05, 0.1) is 12.8 Å². The number of hydrogen-bond donors (Lipinski definition) is 1. The average Bonchev–Trinajstić information content (AvgIpc) is 3.13. The normalized spacial score (nSPS) is 11.0. The third kappa shape index (κ3) is 5.69. The zero-order valence-electron chi connectivity index (χ0n) is 19.4. The Morgan fingerprint density at radius 2 is 1.85 bits per heavy atom. The summed E-state index contributed by atoms with van der Waals surface area (Å²) in [5, 5.41) is 12.2. The van der Waals surface area contributed by atoms with Crippen molar-refractivity contribution in [3.63, 3.8) is 0 Å². The second-order valence-corrected chi connectivity index (χ2v) is 8.20. The molecule has 174 valence electrons. The molecule has 3 rings (SSSR count). The number of carbonyl (C=O) groups is 2. The van der Waals surface area contributed by atoms with Gasteiger partial charge in [-0.05, 0) is 74.2 Å². The molecule has 0 aliphatic rings. The number of hydrogen-bond acceptors (Lipinski definition) is 6.